The summed E-state index contributed by atoms with van der Waals surface area (Å²) in [5.41, 5.74) is 7.14. The number of rotatable bonds is 2. The Morgan fingerprint density at radius 1 is 1.43 bits per heavy atom. The van der Waals surface area contributed by atoms with Crippen LogP contribution in [0.25, 0.3) is 10.9 Å². The fraction of sp³-hybridized carbons (Fsp3) is 0.333. The Morgan fingerprint density at radius 2 is 2.19 bits per heavy atom. The number of anilines is 1. The van der Waals surface area contributed by atoms with Crippen LogP contribution in [-0.2, 0) is 9.53 Å². The van der Waals surface area contributed by atoms with Crippen molar-refractivity contribution in [3.05, 3.63) is 34.9 Å². The van der Waals surface area contributed by atoms with Crippen LogP contribution in [0.1, 0.15) is 5.56 Å². The number of halogens is 1. The summed E-state index contributed by atoms with van der Waals surface area (Å²) >= 11 is 6.16. The minimum absolute atomic E-state index is 0.424. The molecule has 2 heterocycles. The van der Waals surface area contributed by atoms with Gasteiger partial charge in [0.25, 0.3) is 0 Å². The maximum Gasteiger partial charge on any atom is 0.248 e. The molecule has 1 aromatic heterocycles. The van der Waals surface area contributed by atoms with E-state index in [1.54, 1.807) is 0 Å². The molecule has 6 heteroatoms. The standard InChI is InChI=1S/C15H16ClN3O2/c1-9-11(16)4-2-10-3-5-13(18-14(9)10)19-6-7-21-12(8-19)15(17)20/h2-5,12H,6-8H2,1H3,(H2,17,20). The van der Waals surface area contributed by atoms with E-state index in [2.05, 4.69) is 4.98 Å². The molecular formula is C15H16ClN3O2. The highest BCUT2D eigenvalue weighted by Gasteiger charge is 2.25. The second kappa shape index (κ2) is 5.50. The van der Waals surface area contributed by atoms with E-state index < -0.39 is 12.0 Å². The van der Waals surface area contributed by atoms with Gasteiger partial charge < -0.3 is 15.4 Å². The first-order chi connectivity index (χ1) is 10.1. The van der Waals surface area contributed by atoms with Crippen molar-refractivity contribution in [2.45, 2.75) is 13.0 Å². The largest absolute Gasteiger partial charge is 0.367 e. The molecule has 0 aliphatic carbocycles. The molecule has 1 atom stereocenters. The number of hydrogen-bond donors (Lipinski definition) is 1. The number of morpholine rings is 1. The first-order valence-corrected chi connectivity index (χ1v) is 7.16. The van der Waals surface area contributed by atoms with Crippen LogP contribution in [0.3, 0.4) is 0 Å². The Hall–Kier alpha value is -1.85. The van der Waals surface area contributed by atoms with Crippen LogP contribution in [0.2, 0.25) is 5.02 Å². The molecule has 21 heavy (non-hydrogen) atoms. The maximum absolute atomic E-state index is 11.3. The van der Waals surface area contributed by atoms with E-state index in [-0.39, 0.29) is 0 Å². The molecule has 0 saturated carbocycles. The summed E-state index contributed by atoms with van der Waals surface area (Å²) in [4.78, 5) is 18.0. The number of carbonyl (C=O) groups excluding carboxylic acids is 1. The summed E-state index contributed by atoms with van der Waals surface area (Å²) in [6.45, 7) is 3.52. The predicted molar refractivity (Wildman–Crippen MR) is 82.6 cm³/mol. The van der Waals surface area contributed by atoms with Crippen LogP contribution in [0.4, 0.5) is 5.82 Å². The van der Waals surface area contributed by atoms with Crippen LogP contribution in [0.15, 0.2) is 24.3 Å². The number of amides is 1. The van der Waals surface area contributed by atoms with Crippen molar-refractivity contribution in [1.82, 2.24) is 4.98 Å². The van der Waals surface area contributed by atoms with Gasteiger partial charge in [-0.3, -0.25) is 4.79 Å². The van der Waals surface area contributed by atoms with Crippen molar-refractivity contribution in [2.75, 3.05) is 24.6 Å². The molecule has 5 nitrogen and oxygen atoms in total. The lowest BCUT2D eigenvalue weighted by Gasteiger charge is -2.32. The number of carbonyl (C=O) groups is 1. The van der Waals surface area contributed by atoms with E-state index >= 15 is 0 Å². The lowest BCUT2D eigenvalue weighted by molar-refractivity contribution is -0.130. The Kier molecular flexibility index (Phi) is 3.69. The number of ether oxygens (including phenoxy) is 1. The summed E-state index contributed by atoms with van der Waals surface area (Å²) in [7, 11) is 0. The van der Waals surface area contributed by atoms with Crippen LogP contribution < -0.4 is 10.6 Å². The summed E-state index contributed by atoms with van der Waals surface area (Å²) in [6, 6.07) is 7.78. The number of aromatic nitrogens is 1. The van der Waals surface area contributed by atoms with Crippen LogP contribution in [0.5, 0.6) is 0 Å². The molecule has 1 amide bonds. The average Bonchev–Trinajstić information content (AvgIpc) is 2.51. The van der Waals surface area contributed by atoms with Crippen molar-refractivity contribution in [1.29, 1.82) is 0 Å². The third-order valence-corrected chi connectivity index (χ3v) is 4.15. The molecule has 1 fully saturated rings. The molecule has 0 spiro atoms. The van der Waals surface area contributed by atoms with E-state index in [9.17, 15) is 4.79 Å². The molecular weight excluding hydrogens is 290 g/mol. The first kappa shape index (κ1) is 14.1. The summed E-state index contributed by atoms with van der Waals surface area (Å²) in [5, 5.41) is 1.74. The van der Waals surface area contributed by atoms with E-state index in [1.165, 1.54) is 0 Å². The van der Waals surface area contributed by atoms with Crippen LogP contribution in [0, 0.1) is 6.92 Å². The highest BCUT2D eigenvalue weighted by atomic mass is 35.5. The molecule has 3 rings (SSSR count). The van der Waals surface area contributed by atoms with Crippen molar-refractivity contribution >= 4 is 34.2 Å². The van der Waals surface area contributed by atoms with Crippen LogP contribution in [-0.4, -0.2) is 36.7 Å². The number of hydrogen-bond acceptors (Lipinski definition) is 4. The Labute approximate surface area is 127 Å². The van der Waals surface area contributed by atoms with Gasteiger partial charge >= 0.3 is 0 Å². The van der Waals surface area contributed by atoms with Gasteiger partial charge in [-0.05, 0) is 30.7 Å². The first-order valence-electron chi connectivity index (χ1n) is 6.78. The summed E-state index contributed by atoms with van der Waals surface area (Å²) < 4.78 is 5.36. The average molecular weight is 306 g/mol. The summed E-state index contributed by atoms with van der Waals surface area (Å²) in [6.07, 6.45) is -0.586. The minimum atomic E-state index is -0.586. The lowest BCUT2D eigenvalue weighted by atomic mass is 10.1. The minimum Gasteiger partial charge on any atom is -0.367 e. The van der Waals surface area contributed by atoms with Gasteiger partial charge in [-0.2, -0.15) is 0 Å². The number of pyridine rings is 1. The third kappa shape index (κ3) is 2.66. The number of nitrogens with two attached hydrogens (primary N) is 1. The molecule has 1 aliphatic rings. The van der Waals surface area contributed by atoms with E-state index in [0.717, 1.165) is 22.3 Å². The predicted octanol–water partition coefficient (Wildman–Crippen LogP) is 1.89. The highest BCUT2D eigenvalue weighted by molar-refractivity contribution is 6.32. The molecule has 1 unspecified atom stereocenters. The number of benzene rings is 1. The second-order valence-electron chi connectivity index (χ2n) is 5.12. The maximum atomic E-state index is 11.3. The molecule has 1 aromatic carbocycles. The topological polar surface area (TPSA) is 68.5 Å². The van der Waals surface area contributed by atoms with Crippen LogP contribution >= 0.6 is 11.6 Å². The normalized spacial score (nSPS) is 19.0. The lowest BCUT2D eigenvalue weighted by Crippen LogP contribution is -2.48. The Morgan fingerprint density at radius 3 is 2.95 bits per heavy atom. The van der Waals surface area contributed by atoms with Crippen molar-refractivity contribution < 1.29 is 9.53 Å². The quantitative estimate of drug-likeness (QED) is 0.920. The highest BCUT2D eigenvalue weighted by Crippen LogP contribution is 2.26. The van der Waals surface area contributed by atoms with Gasteiger partial charge in [-0.25, -0.2) is 4.98 Å². The van der Waals surface area contributed by atoms with Gasteiger partial charge in [0.05, 0.1) is 18.7 Å². The Balaban J connectivity index is 1.97. The van der Waals surface area contributed by atoms with Gasteiger partial charge in [0.2, 0.25) is 5.91 Å². The van der Waals surface area contributed by atoms with E-state index in [1.807, 2.05) is 36.1 Å². The molecule has 0 bridgehead atoms. The number of primary amides is 1. The van der Waals surface area contributed by atoms with Crippen molar-refractivity contribution in [3.8, 4) is 0 Å². The molecule has 2 aromatic rings. The second-order valence-corrected chi connectivity index (χ2v) is 5.53. The third-order valence-electron chi connectivity index (χ3n) is 3.74. The van der Waals surface area contributed by atoms with Gasteiger partial charge in [0.15, 0.2) is 6.10 Å². The monoisotopic (exact) mass is 305 g/mol. The van der Waals surface area contributed by atoms with Gasteiger partial charge in [-0.1, -0.05) is 17.7 Å². The fourth-order valence-electron chi connectivity index (χ4n) is 2.50. The zero-order valence-corrected chi connectivity index (χ0v) is 12.4. The molecule has 2 N–H and O–H groups in total. The molecule has 0 radical (unpaired) electrons. The number of fused-ring (bicyclic) bond motifs is 1. The smallest absolute Gasteiger partial charge is 0.248 e. The number of aryl methyl sites for hydroxylation is 1. The zero-order chi connectivity index (χ0) is 15.0. The summed E-state index contributed by atoms with van der Waals surface area (Å²) in [5.74, 6) is 0.363. The molecule has 1 saturated heterocycles. The van der Waals surface area contributed by atoms with E-state index in [0.29, 0.717) is 24.7 Å². The van der Waals surface area contributed by atoms with Gasteiger partial charge in [-0.15, -0.1) is 0 Å². The fourth-order valence-corrected chi connectivity index (χ4v) is 2.65. The SMILES string of the molecule is Cc1c(Cl)ccc2ccc(N3CCOC(C(N)=O)C3)nc12. The number of nitrogens with zero attached hydrogens (tertiary/aromatic N) is 2. The van der Waals surface area contributed by atoms with Crippen molar-refractivity contribution in [3.63, 3.8) is 0 Å². The van der Waals surface area contributed by atoms with Gasteiger partial charge in [0, 0.05) is 17.0 Å². The zero-order valence-electron chi connectivity index (χ0n) is 11.7. The van der Waals surface area contributed by atoms with E-state index in [4.69, 9.17) is 22.1 Å². The van der Waals surface area contributed by atoms with Gasteiger partial charge in [0.1, 0.15) is 5.82 Å². The van der Waals surface area contributed by atoms with Crippen molar-refractivity contribution in [2.24, 2.45) is 5.73 Å². The Bertz CT molecular complexity index is 705. The molecule has 110 valence electrons. The molecule has 1 aliphatic heterocycles.